The quantitative estimate of drug-likeness (QED) is 0.587. The Balaban J connectivity index is 1.54. The highest BCUT2D eigenvalue weighted by molar-refractivity contribution is 6.11. The zero-order valence-electron chi connectivity index (χ0n) is 15.6. The van der Waals surface area contributed by atoms with Gasteiger partial charge in [0.15, 0.2) is 6.61 Å². The molecule has 1 aromatic carbocycles. The van der Waals surface area contributed by atoms with Crippen molar-refractivity contribution in [3.8, 4) is 0 Å². The zero-order valence-corrected chi connectivity index (χ0v) is 15.6. The maximum atomic E-state index is 12.4. The summed E-state index contributed by atoms with van der Waals surface area (Å²) in [5.41, 5.74) is 1.07. The normalized spacial score (nSPS) is 22.4. The Bertz CT molecular complexity index is 765. The number of carbonyl (C=O) groups excluding carboxylic acids is 4. The Labute approximate surface area is 158 Å². The molecule has 0 aliphatic carbocycles. The van der Waals surface area contributed by atoms with E-state index in [2.05, 4.69) is 13.8 Å². The summed E-state index contributed by atoms with van der Waals surface area (Å²) in [7, 11) is 0. The summed E-state index contributed by atoms with van der Waals surface area (Å²) >= 11 is 0. The number of nitrogens with zero attached hydrogens (tertiary/aromatic N) is 2. The molecule has 3 rings (SSSR count). The maximum absolute atomic E-state index is 12.4. The SMILES string of the molecule is C[C@@H]1C[C@H](C)CN(C(=O)COC(=O)CN2C(=O)Cc3ccccc3C2=O)C1. The fourth-order valence-electron chi connectivity index (χ4n) is 3.83. The number of likely N-dealkylation sites (tertiary alicyclic amines) is 1. The molecule has 2 heterocycles. The van der Waals surface area contributed by atoms with Gasteiger partial charge >= 0.3 is 5.97 Å². The standard InChI is InChI=1S/C20H24N2O5/c1-13-7-14(2)10-21(9-13)18(24)12-27-19(25)11-22-17(23)8-15-5-3-4-6-16(15)20(22)26/h3-6,13-14H,7-12H2,1-2H3/t13-,14+. The number of rotatable bonds is 4. The number of ether oxygens (including phenoxy) is 1. The first-order valence-corrected chi connectivity index (χ1v) is 9.21. The van der Waals surface area contributed by atoms with Crippen LogP contribution in [0.3, 0.4) is 0 Å². The molecular weight excluding hydrogens is 348 g/mol. The molecule has 0 N–H and O–H groups in total. The molecule has 1 aromatic rings. The first kappa shape index (κ1) is 19.1. The molecule has 1 saturated heterocycles. The number of piperidine rings is 1. The molecule has 0 unspecified atom stereocenters. The third-order valence-electron chi connectivity index (χ3n) is 5.00. The van der Waals surface area contributed by atoms with E-state index in [4.69, 9.17) is 4.74 Å². The minimum absolute atomic E-state index is 0.0671. The first-order valence-electron chi connectivity index (χ1n) is 9.21. The van der Waals surface area contributed by atoms with Gasteiger partial charge in [-0.15, -0.1) is 0 Å². The number of hydrogen-bond acceptors (Lipinski definition) is 5. The molecule has 1 fully saturated rings. The Morgan fingerprint density at radius 3 is 2.48 bits per heavy atom. The van der Waals surface area contributed by atoms with Crippen molar-refractivity contribution in [2.75, 3.05) is 26.2 Å². The second kappa shape index (κ2) is 7.90. The van der Waals surface area contributed by atoms with Crippen molar-refractivity contribution in [2.45, 2.75) is 26.7 Å². The molecule has 0 radical (unpaired) electrons. The van der Waals surface area contributed by atoms with Crippen LogP contribution in [0.25, 0.3) is 0 Å². The van der Waals surface area contributed by atoms with Crippen molar-refractivity contribution in [1.29, 1.82) is 0 Å². The summed E-state index contributed by atoms with van der Waals surface area (Å²) in [6.07, 6.45) is 1.14. The third-order valence-corrected chi connectivity index (χ3v) is 5.00. The van der Waals surface area contributed by atoms with Gasteiger partial charge in [0.2, 0.25) is 5.91 Å². The highest BCUT2D eigenvalue weighted by atomic mass is 16.5. The molecule has 3 amide bonds. The zero-order chi connectivity index (χ0) is 19.6. The van der Waals surface area contributed by atoms with Crippen LogP contribution in [0.15, 0.2) is 24.3 Å². The molecule has 2 atom stereocenters. The molecule has 0 spiro atoms. The van der Waals surface area contributed by atoms with Gasteiger partial charge in [0.1, 0.15) is 6.54 Å². The van der Waals surface area contributed by atoms with E-state index in [9.17, 15) is 19.2 Å². The Hall–Kier alpha value is -2.70. The Morgan fingerprint density at radius 2 is 1.78 bits per heavy atom. The number of benzene rings is 1. The van der Waals surface area contributed by atoms with Crippen LogP contribution in [0.4, 0.5) is 0 Å². The summed E-state index contributed by atoms with van der Waals surface area (Å²) in [6, 6.07) is 6.82. The van der Waals surface area contributed by atoms with Crippen molar-refractivity contribution in [2.24, 2.45) is 11.8 Å². The van der Waals surface area contributed by atoms with E-state index in [1.807, 2.05) is 0 Å². The lowest BCUT2D eigenvalue weighted by Gasteiger charge is -2.34. The Kier molecular flexibility index (Phi) is 5.58. The van der Waals surface area contributed by atoms with Gasteiger partial charge in [0.05, 0.1) is 6.42 Å². The third kappa shape index (κ3) is 4.35. The number of esters is 1. The topological polar surface area (TPSA) is 84.0 Å². The second-order valence-corrected chi connectivity index (χ2v) is 7.52. The molecule has 7 heteroatoms. The summed E-state index contributed by atoms with van der Waals surface area (Å²) in [5.74, 6) is -1.13. The monoisotopic (exact) mass is 372 g/mol. The highest BCUT2D eigenvalue weighted by Crippen LogP contribution is 2.21. The van der Waals surface area contributed by atoms with Crippen LogP contribution in [-0.2, 0) is 25.5 Å². The van der Waals surface area contributed by atoms with Gasteiger partial charge in [0, 0.05) is 18.7 Å². The van der Waals surface area contributed by atoms with Crippen LogP contribution in [0, 0.1) is 11.8 Å². The van der Waals surface area contributed by atoms with Gasteiger partial charge in [-0.3, -0.25) is 24.1 Å². The van der Waals surface area contributed by atoms with E-state index in [0.29, 0.717) is 36.1 Å². The number of amides is 3. The maximum Gasteiger partial charge on any atom is 0.326 e. The van der Waals surface area contributed by atoms with Crippen LogP contribution in [-0.4, -0.2) is 59.7 Å². The van der Waals surface area contributed by atoms with Gasteiger partial charge < -0.3 is 9.64 Å². The van der Waals surface area contributed by atoms with Crippen molar-refractivity contribution < 1.29 is 23.9 Å². The fourth-order valence-corrected chi connectivity index (χ4v) is 3.83. The van der Waals surface area contributed by atoms with Crippen LogP contribution >= 0.6 is 0 Å². The number of hydrogen-bond donors (Lipinski definition) is 0. The molecular formula is C20H24N2O5. The molecule has 2 aliphatic rings. The molecule has 0 aromatic heterocycles. The lowest BCUT2D eigenvalue weighted by Crippen LogP contribution is -2.47. The summed E-state index contributed by atoms with van der Waals surface area (Å²) in [6.45, 7) is 4.64. The minimum Gasteiger partial charge on any atom is -0.454 e. The van der Waals surface area contributed by atoms with E-state index in [1.165, 1.54) is 0 Å². The molecule has 7 nitrogen and oxygen atoms in total. The molecule has 0 saturated carbocycles. The minimum atomic E-state index is -0.762. The van der Waals surface area contributed by atoms with Crippen molar-refractivity contribution in [3.63, 3.8) is 0 Å². The van der Waals surface area contributed by atoms with Gasteiger partial charge in [-0.2, -0.15) is 0 Å². The van der Waals surface area contributed by atoms with E-state index in [0.717, 1.165) is 11.3 Å². The lowest BCUT2D eigenvalue weighted by atomic mass is 9.92. The van der Waals surface area contributed by atoms with Crippen LogP contribution in [0.1, 0.15) is 36.2 Å². The summed E-state index contributed by atoms with van der Waals surface area (Å²) in [5, 5.41) is 0. The van der Waals surface area contributed by atoms with Crippen LogP contribution < -0.4 is 0 Å². The Morgan fingerprint density at radius 1 is 1.11 bits per heavy atom. The largest absolute Gasteiger partial charge is 0.454 e. The average molecular weight is 372 g/mol. The van der Waals surface area contributed by atoms with E-state index in [1.54, 1.807) is 29.2 Å². The lowest BCUT2D eigenvalue weighted by molar-refractivity contribution is -0.154. The van der Waals surface area contributed by atoms with Crippen molar-refractivity contribution in [1.82, 2.24) is 9.80 Å². The van der Waals surface area contributed by atoms with Gasteiger partial charge in [-0.1, -0.05) is 32.0 Å². The number of fused-ring (bicyclic) bond motifs is 1. The van der Waals surface area contributed by atoms with Gasteiger partial charge in [-0.25, -0.2) is 0 Å². The predicted molar refractivity (Wildman–Crippen MR) is 96.7 cm³/mol. The van der Waals surface area contributed by atoms with Gasteiger partial charge in [-0.05, 0) is 29.9 Å². The van der Waals surface area contributed by atoms with Crippen molar-refractivity contribution in [3.05, 3.63) is 35.4 Å². The van der Waals surface area contributed by atoms with E-state index < -0.39 is 24.3 Å². The van der Waals surface area contributed by atoms with Crippen LogP contribution in [0.2, 0.25) is 0 Å². The molecule has 0 bridgehead atoms. The van der Waals surface area contributed by atoms with E-state index in [-0.39, 0.29) is 18.9 Å². The average Bonchev–Trinajstić information content (AvgIpc) is 2.62. The number of carbonyl (C=O) groups is 4. The van der Waals surface area contributed by atoms with E-state index >= 15 is 0 Å². The second-order valence-electron chi connectivity index (χ2n) is 7.52. The molecule has 144 valence electrons. The smallest absolute Gasteiger partial charge is 0.326 e. The summed E-state index contributed by atoms with van der Waals surface area (Å²) < 4.78 is 5.04. The number of imide groups is 1. The first-order chi connectivity index (χ1) is 12.8. The van der Waals surface area contributed by atoms with Crippen molar-refractivity contribution >= 4 is 23.7 Å². The summed E-state index contributed by atoms with van der Waals surface area (Å²) in [4.78, 5) is 51.6. The van der Waals surface area contributed by atoms with Crippen LogP contribution in [0.5, 0.6) is 0 Å². The predicted octanol–water partition coefficient (Wildman–Crippen LogP) is 1.26. The molecule has 2 aliphatic heterocycles. The van der Waals surface area contributed by atoms with Gasteiger partial charge in [0.25, 0.3) is 11.8 Å². The fraction of sp³-hybridized carbons (Fsp3) is 0.500. The molecule has 27 heavy (non-hydrogen) atoms. The highest BCUT2D eigenvalue weighted by Gasteiger charge is 2.33.